The number of benzene rings is 1. The second-order valence-corrected chi connectivity index (χ2v) is 4.05. The largest absolute Gasteiger partial charge is 0.469 e. The lowest BCUT2D eigenvalue weighted by Crippen LogP contribution is -2.10. The highest BCUT2D eigenvalue weighted by Gasteiger charge is 2.03. The monoisotopic (exact) mass is 249 g/mol. The van der Waals surface area contributed by atoms with Gasteiger partial charge in [0.2, 0.25) is 5.91 Å². The Hall–Kier alpha value is -1.84. The van der Waals surface area contributed by atoms with Gasteiger partial charge < -0.3 is 10.1 Å². The molecule has 0 bridgehead atoms. The molecule has 1 N–H and O–H groups in total. The molecule has 1 rings (SSSR count). The van der Waals surface area contributed by atoms with Gasteiger partial charge in [-0.25, -0.2) is 0 Å². The van der Waals surface area contributed by atoms with E-state index in [1.54, 1.807) is 0 Å². The summed E-state index contributed by atoms with van der Waals surface area (Å²) in [7, 11) is 1.38. The maximum absolute atomic E-state index is 11.6. The highest BCUT2D eigenvalue weighted by molar-refractivity contribution is 5.90. The van der Waals surface area contributed by atoms with Crippen molar-refractivity contribution in [3.05, 3.63) is 30.3 Å². The molecule has 0 aliphatic carbocycles. The molecule has 0 atom stereocenters. The number of amides is 1. The summed E-state index contributed by atoms with van der Waals surface area (Å²) in [5.41, 5.74) is 0.817. The average molecular weight is 249 g/mol. The van der Waals surface area contributed by atoms with Crippen LogP contribution in [0.25, 0.3) is 0 Å². The molecular weight excluding hydrogens is 230 g/mol. The van der Waals surface area contributed by atoms with E-state index in [-0.39, 0.29) is 11.9 Å². The smallest absolute Gasteiger partial charge is 0.305 e. The first-order valence-electron chi connectivity index (χ1n) is 6.14. The first kappa shape index (κ1) is 14.2. The second-order valence-electron chi connectivity index (χ2n) is 4.05. The summed E-state index contributed by atoms with van der Waals surface area (Å²) in [5.74, 6) is -0.178. The minimum atomic E-state index is -0.191. The van der Waals surface area contributed by atoms with Gasteiger partial charge in [0.25, 0.3) is 0 Å². The van der Waals surface area contributed by atoms with Crippen molar-refractivity contribution >= 4 is 17.6 Å². The number of ether oxygens (including phenoxy) is 1. The number of hydrogen-bond donors (Lipinski definition) is 1. The fraction of sp³-hybridized carbons (Fsp3) is 0.429. The molecule has 0 heterocycles. The number of anilines is 1. The molecule has 0 aliphatic rings. The van der Waals surface area contributed by atoms with Crippen LogP contribution in [0.15, 0.2) is 30.3 Å². The lowest BCUT2D eigenvalue weighted by molar-refractivity contribution is -0.140. The Labute approximate surface area is 107 Å². The van der Waals surface area contributed by atoms with E-state index in [1.807, 2.05) is 30.3 Å². The third-order valence-electron chi connectivity index (χ3n) is 2.57. The number of carbonyl (C=O) groups is 2. The van der Waals surface area contributed by atoms with E-state index in [2.05, 4.69) is 10.1 Å². The van der Waals surface area contributed by atoms with E-state index in [9.17, 15) is 9.59 Å². The molecule has 18 heavy (non-hydrogen) atoms. The molecule has 0 saturated carbocycles. The van der Waals surface area contributed by atoms with Crippen molar-refractivity contribution in [2.45, 2.75) is 32.1 Å². The first-order chi connectivity index (χ1) is 8.72. The summed E-state index contributed by atoms with van der Waals surface area (Å²) in [6.07, 6.45) is 3.32. The maximum Gasteiger partial charge on any atom is 0.305 e. The number of para-hydroxylation sites is 1. The van der Waals surface area contributed by atoms with Gasteiger partial charge in [0.15, 0.2) is 0 Å². The van der Waals surface area contributed by atoms with Crippen LogP contribution in [-0.4, -0.2) is 19.0 Å². The zero-order valence-electron chi connectivity index (χ0n) is 10.6. The third-order valence-corrected chi connectivity index (χ3v) is 2.57. The lowest BCUT2D eigenvalue weighted by atomic mass is 10.1. The van der Waals surface area contributed by atoms with Gasteiger partial charge in [0.1, 0.15) is 0 Å². The summed E-state index contributed by atoms with van der Waals surface area (Å²) in [6, 6.07) is 9.38. The Kier molecular flexibility index (Phi) is 6.54. The first-order valence-corrected chi connectivity index (χ1v) is 6.14. The number of unbranched alkanes of at least 4 members (excludes halogenated alkanes) is 2. The van der Waals surface area contributed by atoms with Crippen molar-refractivity contribution < 1.29 is 14.3 Å². The van der Waals surface area contributed by atoms with Gasteiger partial charge in [-0.3, -0.25) is 9.59 Å². The number of nitrogens with one attached hydrogen (secondary N) is 1. The SMILES string of the molecule is COC(=O)CCCCCC(=O)Nc1ccccc1. The van der Waals surface area contributed by atoms with E-state index in [1.165, 1.54) is 7.11 Å². The summed E-state index contributed by atoms with van der Waals surface area (Å²) in [4.78, 5) is 22.4. The van der Waals surface area contributed by atoms with Gasteiger partial charge >= 0.3 is 5.97 Å². The molecule has 0 unspecified atom stereocenters. The van der Waals surface area contributed by atoms with E-state index >= 15 is 0 Å². The van der Waals surface area contributed by atoms with Crippen LogP contribution in [0.2, 0.25) is 0 Å². The zero-order chi connectivity index (χ0) is 13.2. The van der Waals surface area contributed by atoms with E-state index in [0.717, 1.165) is 24.9 Å². The minimum Gasteiger partial charge on any atom is -0.469 e. The quantitative estimate of drug-likeness (QED) is 0.597. The van der Waals surface area contributed by atoms with Gasteiger partial charge in [-0.05, 0) is 25.0 Å². The van der Waals surface area contributed by atoms with Crippen LogP contribution in [0.3, 0.4) is 0 Å². The zero-order valence-corrected chi connectivity index (χ0v) is 10.6. The van der Waals surface area contributed by atoms with Gasteiger partial charge in [-0.1, -0.05) is 24.6 Å². The van der Waals surface area contributed by atoms with Crippen LogP contribution in [-0.2, 0) is 14.3 Å². The fourth-order valence-corrected chi connectivity index (χ4v) is 1.58. The van der Waals surface area contributed by atoms with E-state index < -0.39 is 0 Å². The van der Waals surface area contributed by atoms with Crippen LogP contribution < -0.4 is 5.32 Å². The van der Waals surface area contributed by atoms with Crippen molar-refractivity contribution in [1.82, 2.24) is 0 Å². The summed E-state index contributed by atoms with van der Waals surface area (Å²) in [6.45, 7) is 0. The molecule has 0 fully saturated rings. The van der Waals surface area contributed by atoms with Crippen LogP contribution in [0.5, 0.6) is 0 Å². The van der Waals surface area contributed by atoms with Crippen LogP contribution in [0.1, 0.15) is 32.1 Å². The van der Waals surface area contributed by atoms with Gasteiger partial charge in [0.05, 0.1) is 7.11 Å². The van der Waals surface area contributed by atoms with Crippen molar-refractivity contribution in [1.29, 1.82) is 0 Å². The van der Waals surface area contributed by atoms with Crippen molar-refractivity contribution in [3.8, 4) is 0 Å². The molecule has 0 aromatic heterocycles. The third kappa shape index (κ3) is 6.03. The fourth-order valence-electron chi connectivity index (χ4n) is 1.58. The molecule has 1 aromatic carbocycles. The Morgan fingerprint density at radius 3 is 2.39 bits per heavy atom. The molecule has 0 spiro atoms. The number of esters is 1. The number of carbonyl (C=O) groups excluding carboxylic acids is 2. The van der Waals surface area contributed by atoms with E-state index in [4.69, 9.17) is 0 Å². The van der Waals surface area contributed by atoms with E-state index in [0.29, 0.717) is 12.8 Å². The van der Waals surface area contributed by atoms with Crippen LogP contribution in [0.4, 0.5) is 5.69 Å². The summed E-state index contributed by atoms with van der Waals surface area (Å²) >= 11 is 0. The topological polar surface area (TPSA) is 55.4 Å². The molecule has 0 aliphatic heterocycles. The highest BCUT2D eigenvalue weighted by atomic mass is 16.5. The van der Waals surface area contributed by atoms with Crippen LogP contribution in [0, 0.1) is 0 Å². The molecule has 4 nitrogen and oxygen atoms in total. The van der Waals surface area contributed by atoms with Crippen molar-refractivity contribution in [2.75, 3.05) is 12.4 Å². The molecule has 4 heteroatoms. The number of hydrogen-bond acceptors (Lipinski definition) is 3. The molecule has 1 aromatic rings. The standard InChI is InChI=1S/C14H19NO3/c1-18-14(17)11-7-3-6-10-13(16)15-12-8-4-2-5-9-12/h2,4-5,8-9H,3,6-7,10-11H2,1H3,(H,15,16). The number of rotatable bonds is 7. The summed E-state index contributed by atoms with van der Waals surface area (Å²) in [5, 5.41) is 2.82. The molecule has 0 saturated heterocycles. The predicted molar refractivity (Wildman–Crippen MR) is 70.2 cm³/mol. The normalized spacial score (nSPS) is 9.83. The predicted octanol–water partition coefficient (Wildman–Crippen LogP) is 2.75. The minimum absolute atomic E-state index is 0.0132. The lowest BCUT2D eigenvalue weighted by Gasteiger charge is -2.04. The Morgan fingerprint density at radius 1 is 1.06 bits per heavy atom. The number of methoxy groups -OCH3 is 1. The van der Waals surface area contributed by atoms with Crippen LogP contribution >= 0.6 is 0 Å². The van der Waals surface area contributed by atoms with Gasteiger partial charge in [0, 0.05) is 18.5 Å². The van der Waals surface area contributed by atoms with Crippen molar-refractivity contribution in [2.24, 2.45) is 0 Å². The molecule has 1 amide bonds. The molecule has 0 radical (unpaired) electrons. The molecular formula is C14H19NO3. The second kappa shape index (κ2) is 8.28. The van der Waals surface area contributed by atoms with Gasteiger partial charge in [-0.2, -0.15) is 0 Å². The Morgan fingerprint density at radius 2 is 1.72 bits per heavy atom. The Balaban J connectivity index is 2.09. The Bertz CT molecular complexity index is 376. The highest BCUT2D eigenvalue weighted by Crippen LogP contribution is 2.08. The average Bonchev–Trinajstić information content (AvgIpc) is 2.39. The van der Waals surface area contributed by atoms with Crippen molar-refractivity contribution in [3.63, 3.8) is 0 Å². The molecule has 98 valence electrons. The maximum atomic E-state index is 11.6. The summed E-state index contributed by atoms with van der Waals surface area (Å²) < 4.78 is 4.54. The van der Waals surface area contributed by atoms with Gasteiger partial charge in [-0.15, -0.1) is 0 Å².